The molecule has 0 aromatic heterocycles. The fourth-order valence-corrected chi connectivity index (χ4v) is 2.85. The third-order valence-corrected chi connectivity index (χ3v) is 4.30. The topological polar surface area (TPSA) is 101 Å². The van der Waals surface area contributed by atoms with Gasteiger partial charge in [0.1, 0.15) is 5.92 Å². The van der Waals surface area contributed by atoms with Crippen LogP contribution in [0.25, 0.3) is 0 Å². The van der Waals surface area contributed by atoms with Crippen LogP contribution in [0.1, 0.15) is 78.6 Å². The number of rotatable bonds is 15. The number of unbranched alkanes of at least 4 members (excludes halogenated alkanes) is 6. The molecule has 0 saturated carbocycles. The molecular formula is C18H32O6. The summed E-state index contributed by atoms with van der Waals surface area (Å²) < 4.78 is 5.45. The summed E-state index contributed by atoms with van der Waals surface area (Å²) in [6.45, 7) is 5.26. The van der Waals surface area contributed by atoms with E-state index in [4.69, 9.17) is 4.74 Å². The van der Waals surface area contributed by atoms with Crippen LogP contribution < -0.4 is 0 Å². The zero-order chi connectivity index (χ0) is 18.6. The molecule has 0 radical (unpaired) electrons. The molecule has 6 nitrogen and oxygen atoms in total. The number of hydrogen-bond donors (Lipinski definition) is 2. The Balaban J connectivity index is 5.18. The quantitative estimate of drug-likeness (QED) is 0.347. The molecular weight excluding hydrogens is 312 g/mol. The molecule has 0 fully saturated rings. The first-order chi connectivity index (χ1) is 11.3. The van der Waals surface area contributed by atoms with Crippen LogP contribution in [0.2, 0.25) is 0 Å². The van der Waals surface area contributed by atoms with Gasteiger partial charge in [0.05, 0.1) is 0 Å². The normalized spacial score (nSPS) is 14.8. The van der Waals surface area contributed by atoms with Crippen molar-refractivity contribution in [1.29, 1.82) is 0 Å². The summed E-state index contributed by atoms with van der Waals surface area (Å²) in [4.78, 5) is 35.6. The maximum atomic E-state index is 12.1. The first-order valence-electron chi connectivity index (χ1n) is 8.95. The first-order valence-corrected chi connectivity index (χ1v) is 8.95. The average Bonchev–Trinajstić information content (AvgIpc) is 2.51. The smallest absolute Gasteiger partial charge is 0.344 e. The summed E-state index contributed by atoms with van der Waals surface area (Å²) in [5.74, 6) is -4.92. The highest BCUT2D eigenvalue weighted by atomic mass is 16.5. The second-order valence-corrected chi connectivity index (χ2v) is 6.25. The van der Waals surface area contributed by atoms with E-state index in [1.807, 2.05) is 6.92 Å². The number of ether oxygens (including phenoxy) is 1. The van der Waals surface area contributed by atoms with Gasteiger partial charge in [-0.1, -0.05) is 58.8 Å². The molecule has 0 aromatic carbocycles. The minimum absolute atomic E-state index is 0.0740. The third kappa shape index (κ3) is 6.59. The average molecular weight is 344 g/mol. The van der Waals surface area contributed by atoms with Crippen molar-refractivity contribution in [2.24, 2.45) is 5.92 Å². The van der Waals surface area contributed by atoms with Crippen molar-refractivity contribution in [1.82, 2.24) is 0 Å². The van der Waals surface area contributed by atoms with Crippen molar-refractivity contribution in [3.63, 3.8) is 0 Å². The van der Waals surface area contributed by atoms with Gasteiger partial charge in [-0.2, -0.15) is 0 Å². The van der Waals surface area contributed by atoms with E-state index in [0.29, 0.717) is 12.8 Å². The van der Waals surface area contributed by atoms with Crippen LogP contribution >= 0.6 is 0 Å². The van der Waals surface area contributed by atoms with Crippen LogP contribution in [0.3, 0.4) is 0 Å². The van der Waals surface area contributed by atoms with Gasteiger partial charge in [-0.15, -0.1) is 0 Å². The molecule has 24 heavy (non-hydrogen) atoms. The predicted molar refractivity (Wildman–Crippen MR) is 91.0 cm³/mol. The molecule has 0 aliphatic heterocycles. The summed E-state index contributed by atoms with van der Waals surface area (Å²) in [7, 11) is 0. The van der Waals surface area contributed by atoms with Crippen LogP contribution in [0.15, 0.2) is 0 Å². The Bertz CT molecular complexity index is 390. The summed E-state index contributed by atoms with van der Waals surface area (Å²) in [6.07, 6.45) is 6.91. The number of carboxylic acids is 2. The van der Waals surface area contributed by atoms with E-state index in [0.717, 1.165) is 45.4 Å². The highest BCUT2D eigenvalue weighted by Gasteiger charge is 2.54. The Morgan fingerprint density at radius 3 is 1.88 bits per heavy atom. The van der Waals surface area contributed by atoms with Gasteiger partial charge < -0.3 is 14.9 Å². The van der Waals surface area contributed by atoms with Crippen LogP contribution in [0.5, 0.6) is 0 Å². The SMILES string of the molecule is CCCCCCOC(C(C)=O)(C(=O)O)C(CCCCCC)C(=O)O. The number of carbonyl (C=O) groups is 3. The molecule has 0 aliphatic carbocycles. The van der Waals surface area contributed by atoms with Crippen LogP contribution in [-0.2, 0) is 19.1 Å². The fraction of sp³-hybridized carbons (Fsp3) is 0.833. The van der Waals surface area contributed by atoms with Gasteiger partial charge in [0.15, 0.2) is 5.78 Å². The van der Waals surface area contributed by atoms with Gasteiger partial charge in [-0.3, -0.25) is 9.59 Å². The molecule has 0 spiro atoms. The second kappa shape index (κ2) is 12.0. The van der Waals surface area contributed by atoms with E-state index < -0.39 is 29.2 Å². The van der Waals surface area contributed by atoms with E-state index >= 15 is 0 Å². The Morgan fingerprint density at radius 2 is 1.46 bits per heavy atom. The summed E-state index contributed by atoms with van der Waals surface area (Å²) in [5, 5.41) is 19.1. The highest BCUT2D eigenvalue weighted by molar-refractivity contribution is 6.08. The predicted octanol–water partition coefficient (Wildman–Crippen LogP) is 3.67. The zero-order valence-corrected chi connectivity index (χ0v) is 15.2. The number of carboxylic acid groups (broad SMARTS) is 2. The van der Waals surface area contributed by atoms with Crippen molar-refractivity contribution >= 4 is 17.7 Å². The van der Waals surface area contributed by atoms with E-state index in [1.54, 1.807) is 0 Å². The summed E-state index contributed by atoms with van der Waals surface area (Å²) >= 11 is 0. The number of carbonyl (C=O) groups excluding carboxylic acids is 1. The van der Waals surface area contributed by atoms with Crippen molar-refractivity contribution in [2.45, 2.75) is 84.2 Å². The van der Waals surface area contributed by atoms with Gasteiger partial charge in [-0.05, 0) is 19.8 Å². The molecule has 140 valence electrons. The molecule has 0 aliphatic rings. The van der Waals surface area contributed by atoms with Crippen molar-refractivity contribution < 1.29 is 29.3 Å². The minimum atomic E-state index is -2.29. The fourth-order valence-electron chi connectivity index (χ4n) is 2.85. The molecule has 0 bridgehead atoms. The molecule has 0 saturated heterocycles. The van der Waals surface area contributed by atoms with Gasteiger partial charge in [0, 0.05) is 6.61 Å². The molecule has 6 heteroatoms. The van der Waals surface area contributed by atoms with Gasteiger partial charge in [0.2, 0.25) is 5.60 Å². The minimum Gasteiger partial charge on any atom is -0.481 e. The van der Waals surface area contributed by atoms with Crippen molar-refractivity contribution in [3.05, 3.63) is 0 Å². The summed E-state index contributed by atoms with van der Waals surface area (Å²) in [5.41, 5.74) is -2.29. The number of ketones is 1. The Kier molecular flexibility index (Phi) is 11.3. The lowest BCUT2D eigenvalue weighted by Gasteiger charge is -2.32. The Hall–Kier alpha value is -1.43. The van der Waals surface area contributed by atoms with E-state index in [-0.39, 0.29) is 13.0 Å². The van der Waals surface area contributed by atoms with Gasteiger partial charge in [0.25, 0.3) is 0 Å². The maximum Gasteiger partial charge on any atom is 0.344 e. The van der Waals surface area contributed by atoms with E-state index in [2.05, 4.69) is 6.92 Å². The maximum absolute atomic E-state index is 12.1. The van der Waals surface area contributed by atoms with Crippen LogP contribution in [0.4, 0.5) is 0 Å². The second-order valence-electron chi connectivity index (χ2n) is 6.25. The molecule has 0 rings (SSSR count). The molecule has 2 atom stereocenters. The zero-order valence-electron chi connectivity index (χ0n) is 15.2. The molecule has 0 amide bonds. The van der Waals surface area contributed by atoms with E-state index in [9.17, 15) is 24.6 Å². The largest absolute Gasteiger partial charge is 0.481 e. The standard InChI is InChI=1S/C18H32O6/c1-4-6-8-10-12-15(16(20)21)18(14(3)19,17(22)23)24-13-11-9-7-5-2/h15H,4-13H2,1-3H3,(H,20,21)(H,22,23). The number of Topliss-reactive ketones (excluding diaryl/α,β-unsaturated/α-hetero) is 1. The molecule has 0 aromatic rings. The van der Waals surface area contributed by atoms with Crippen LogP contribution in [0, 0.1) is 5.92 Å². The lowest BCUT2D eigenvalue weighted by molar-refractivity contribution is -0.187. The lowest BCUT2D eigenvalue weighted by Crippen LogP contribution is -2.56. The van der Waals surface area contributed by atoms with Gasteiger partial charge >= 0.3 is 11.9 Å². The highest BCUT2D eigenvalue weighted by Crippen LogP contribution is 2.30. The third-order valence-electron chi connectivity index (χ3n) is 4.30. The van der Waals surface area contributed by atoms with Crippen molar-refractivity contribution in [2.75, 3.05) is 6.61 Å². The monoisotopic (exact) mass is 344 g/mol. The van der Waals surface area contributed by atoms with Gasteiger partial charge in [-0.25, -0.2) is 4.79 Å². The lowest BCUT2D eigenvalue weighted by atomic mass is 9.80. The first kappa shape index (κ1) is 22.6. The number of aliphatic carboxylic acids is 2. The molecule has 2 unspecified atom stereocenters. The number of hydrogen-bond acceptors (Lipinski definition) is 4. The Morgan fingerprint density at radius 1 is 0.917 bits per heavy atom. The molecule has 0 heterocycles. The van der Waals surface area contributed by atoms with Crippen LogP contribution in [-0.4, -0.2) is 40.1 Å². The Labute approximate surface area is 144 Å². The van der Waals surface area contributed by atoms with Crippen molar-refractivity contribution in [3.8, 4) is 0 Å². The van der Waals surface area contributed by atoms with E-state index in [1.165, 1.54) is 0 Å². The summed E-state index contributed by atoms with van der Waals surface area (Å²) in [6, 6.07) is 0. The molecule has 2 N–H and O–H groups in total.